The van der Waals surface area contributed by atoms with E-state index in [2.05, 4.69) is 16.0 Å². The van der Waals surface area contributed by atoms with E-state index in [1.807, 2.05) is 0 Å². The highest BCUT2D eigenvalue weighted by Crippen LogP contribution is 2.05. The topological polar surface area (TPSA) is 208 Å². The van der Waals surface area contributed by atoms with Crippen molar-refractivity contribution < 1.29 is 39.3 Å². The summed E-state index contributed by atoms with van der Waals surface area (Å²) in [5.74, 6) is -4.42. The van der Waals surface area contributed by atoms with Gasteiger partial charge in [0.1, 0.15) is 24.7 Å². The zero-order valence-electron chi connectivity index (χ0n) is 16.2. The van der Waals surface area contributed by atoms with Crippen molar-refractivity contribution in [3.63, 3.8) is 0 Å². The number of carbonyl (C=O) groups excluding carboxylic acids is 3. The first-order chi connectivity index (χ1) is 13.5. The van der Waals surface area contributed by atoms with Crippen LogP contribution >= 0.6 is 11.8 Å². The maximum absolute atomic E-state index is 12.6. The van der Waals surface area contributed by atoms with Crippen molar-refractivity contribution in [2.24, 2.45) is 5.73 Å². The van der Waals surface area contributed by atoms with Gasteiger partial charge in [-0.15, -0.1) is 0 Å². The summed E-state index contributed by atoms with van der Waals surface area (Å²) in [6.45, 7) is 0.615. The van der Waals surface area contributed by atoms with E-state index in [1.165, 1.54) is 18.7 Å². The van der Waals surface area contributed by atoms with Gasteiger partial charge in [-0.1, -0.05) is 0 Å². The molecule has 12 nitrogen and oxygen atoms in total. The first-order valence-corrected chi connectivity index (χ1v) is 10.1. The van der Waals surface area contributed by atoms with Gasteiger partial charge in [0.05, 0.1) is 6.10 Å². The van der Waals surface area contributed by atoms with E-state index >= 15 is 0 Å². The molecule has 0 bridgehead atoms. The Kier molecular flexibility index (Phi) is 12.6. The molecule has 0 heterocycles. The molecule has 0 radical (unpaired) electrons. The second-order valence-corrected chi connectivity index (χ2v) is 7.20. The fourth-order valence-corrected chi connectivity index (χ4v) is 2.56. The normalized spacial score (nSPS) is 14.8. The highest BCUT2D eigenvalue weighted by molar-refractivity contribution is 7.98. The average Bonchev–Trinajstić information content (AvgIpc) is 2.64. The largest absolute Gasteiger partial charge is 0.481 e. The fraction of sp³-hybridized carbons (Fsp3) is 0.688. The van der Waals surface area contributed by atoms with Crippen LogP contribution in [0.25, 0.3) is 0 Å². The summed E-state index contributed by atoms with van der Waals surface area (Å²) in [5.41, 5.74) is 5.55. The quantitative estimate of drug-likeness (QED) is 0.152. The Morgan fingerprint density at radius 2 is 1.48 bits per heavy atom. The van der Waals surface area contributed by atoms with Gasteiger partial charge in [0, 0.05) is 6.42 Å². The second-order valence-electron chi connectivity index (χ2n) is 6.21. The molecule has 4 atom stereocenters. The molecule has 0 aliphatic heterocycles. The minimum atomic E-state index is -1.31. The summed E-state index contributed by atoms with van der Waals surface area (Å²) in [7, 11) is 0. The molecule has 0 aliphatic carbocycles. The van der Waals surface area contributed by atoms with E-state index in [0.29, 0.717) is 5.75 Å². The molecule has 0 rings (SSSR count). The fourth-order valence-electron chi connectivity index (χ4n) is 2.09. The highest BCUT2D eigenvalue weighted by atomic mass is 32.2. The van der Waals surface area contributed by atoms with Crippen LogP contribution < -0.4 is 21.7 Å². The molecule has 0 fully saturated rings. The zero-order valence-corrected chi connectivity index (χ0v) is 17.0. The second kappa shape index (κ2) is 13.7. The molecule has 3 amide bonds. The molecule has 166 valence electrons. The molecule has 0 aromatic carbocycles. The Bertz CT molecular complexity index is 601. The standard InChI is InChI=1S/C16H28N4O8S/c1-8(21)13(17)16(28)20-10(5-6-29-2)15(27)19-9(3-4-11(22)23)14(26)18-7-12(24)25/h8-10,13,21H,3-7,17H2,1-2H3,(H,18,26)(H,19,27)(H,20,28)(H,22,23)(H,24,25). The Morgan fingerprint density at radius 3 is 1.97 bits per heavy atom. The van der Waals surface area contributed by atoms with Crippen LogP contribution in [0.4, 0.5) is 0 Å². The van der Waals surface area contributed by atoms with E-state index in [9.17, 15) is 29.1 Å². The number of hydrogen-bond donors (Lipinski definition) is 7. The van der Waals surface area contributed by atoms with Crippen molar-refractivity contribution in [2.75, 3.05) is 18.6 Å². The van der Waals surface area contributed by atoms with Crippen molar-refractivity contribution >= 4 is 41.4 Å². The highest BCUT2D eigenvalue weighted by Gasteiger charge is 2.29. The predicted octanol–water partition coefficient (Wildman–Crippen LogP) is -2.52. The van der Waals surface area contributed by atoms with Crippen LogP contribution in [-0.2, 0) is 24.0 Å². The lowest BCUT2D eigenvalue weighted by Gasteiger charge is -2.24. The van der Waals surface area contributed by atoms with Crippen LogP contribution in [0.5, 0.6) is 0 Å². The minimum absolute atomic E-state index is 0.188. The summed E-state index contributed by atoms with van der Waals surface area (Å²) in [4.78, 5) is 58.2. The van der Waals surface area contributed by atoms with Crippen molar-refractivity contribution in [3.05, 3.63) is 0 Å². The van der Waals surface area contributed by atoms with Crippen molar-refractivity contribution in [1.82, 2.24) is 16.0 Å². The third-order valence-corrected chi connectivity index (χ3v) is 4.40. The summed E-state index contributed by atoms with van der Waals surface area (Å²) in [6.07, 6.45) is 0.105. The number of amides is 3. The number of carbonyl (C=O) groups is 5. The molecular weight excluding hydrogens is 408 g/mol. The van der Waals surface area contributed by atoms with Crippen LogP contribution in [0.1, 0.15) is 26.2 Å². The zero-order chi connectivity index (χ0) is 22.6. The number of nitrogens with two attached hydrogens (primary N) is 1. The maximum Gasteiger partial charge on any atom is 0.322 e. The SMILES string of the molecule is CSCCC(NC(=O)C(N)C(C)O)C(=O)NC(CCC(=O)O)C(=O)NCC(=O)O. The number of carboxylic acid groups (broad SMARTS) is 2. The summed E-state index contributed by atoms with van der Waals surface area (Å²) >= 11 is 1.41. The molecule has 0 aliphatic rings. The first kappa shape index (κ1) is 26.6. The van der Waals surface area contributed by atoms with E-state index < -0.39 is 66.9 Å². The van der Waals surface area contributed by atoms with Gasteiger partial charge >= 0.3 is 11.9 Å². The molecule has 0 saturated carbocycles. The molecule has 13 heteroatoms. The van der Waals surface area contributed by atoms with E-state index in [4.69, 9.17) is 15.9 Å². The maximum atomic E-state index is 12.6. The molecule has 0 aromatic rings. The van der Waals surface area contributed by atoms with Crippen LogP contribution in [0.3, 0.4) is 0 Å². The first-order valence-electron chi connectivity index (χ1n) is 8.74. The molecule has 0 saturated heterocycles. The molecule has 8 N–H and O–H groups in total. The van der Waals surface area contributed by atoms with Crippen LogP contribution in [0, 0.1) is 0 Å². The summed E-state index contributed by atoms with van der Waals surface area (Å²) in [6, 6.07) is -3.65. The number of thioether (sulfide) groups is 1. The van der Waals surface area contributed by atoms with Gasteiger partial charge in [0.15, 0.2) is 0 Å². The van der Waals surface area contributed by atoms with Gasteiger partial charge in [-0.2, -0.15) is 11.8 Å². The van der Waals surface area contributed by atoms with Gasteiger partial charge in [-0.3, -0.25) is 24.0 Å². The molecular formula is C16H28N4O8S. The van der Waals surface area contributed by atoms with Crippen molar-refractivity contribution in [3.8, 4) is 0 Å². The molecule has 0 spiro atoms. The minimum Gasteiger partial charge on any atom is -0.481 e. The van der Waals surface area contributed by atoms with Gasteiger partial charge in [-0.25, -0.2) is 0 Å². The summed E-state index contributed by atoms with van der Waals surface area (Å²) < 4.78 is 0. The van der Waals surface area contributed by atoms with Gasteiger partial charge in [0.25, 0.3) is 0 Å². The average molecular weight is 436 g/mol. The Hall–Kier alpha value is -2.38. The lowest BCUT2D eigenvalue weighted by molar-refractivity contribution is -0.140. The van der Waals surface area contributed by atoms with E-state index in [0.717, 1.165) is 0 Å². The van der Waals surface area contributed by atoms with Crippen molar-refractivity contribution in [2.45, 2.75) is 50.4 Å². The third kappa shape index (κ3) is 11.3. The van der Waals surface area contributed by atoms with Crippen molar-refractivity contribution in [1.29, 1.82) is 0 Å². The van der Waals surface area contributed by atoms with Crippen LogP contribution in [-0.4, -0.2) is 87.8 Å². The predicted molar refractivity (Wildman–Crippen MR) is 104 cm³/mol. The number of hydrogen-bond acceptors (Lipinski definition) is 8. The number of aliphatic hydroxyl groups is 1. The van der Waals surface area contributed by atoms with Gasteiger partial charge < -0.3 is 37.0 Å². The van der Waals surface area contributed by atoms with Crippen LogP contribution in [0.2, 0.25) is 0 Å². The number of nitrogens with one attached hydrogen (secondary N) is 3. The molecule has 0 aromatic heterocycles. The van der Waals surface area contributed by atoms with Gasteiger partial charge in [0.2, 0.25) is 17.7 Å². The Balaban J connectivity index is 5.24. The van der Waals surface area contributed by atoms with E-state index in [1.54, 1.807) is 6.26 Å². The van der Waals surface area contributed by atoms with Gasteiger partial charge in [-0.05, 0) is 31.8 Å². The summed E-state index contributed by atoms with van der Waals surface area (Å²) in [5, 5.41) is 33.7. The third-order valence-electron chi connectivity index (χ3n) is 3.76. The lowest BCUT2D eigenvalue weighted by Crippen LogP contribution is -2.57. The molecule has 29 heavy (non-hydrogen) atoms. The van der Waals surface area contributed by atoms with E-state index in [-0.39, 0.29) is 12.8 Å². The number of aliphatic carboxylic acids is 2. The Labute approximate surface area is 172 Å². The monoisotopic (exact) mass is 436 g/mol. The number of aliphatic hydroxyl groups excluding tert-OH is 1. The van der Waals surface area contributed by atoms with Crippen LogP contribution in [0.15, 0.2) is 0 Å². The Morgan fingerprint density at radius 1 is 0.931 bits per heavy atom. The number of rotatable bonds is 14. The smallest absolute Gasteiger partial charge is 0.322 e. The lowest BCUT2D eigenvalue weighted by atomic mass is 10.1. The molecule has 4 unspecified atom stereocenters. The number of carboxylic acids is 2.